The van der Waals surface area contributed by atoms with Crippen molar-refractivity contribution < 1.29 is 12.6 Å². The highest BCUT2D eigenvalue weighted by Gasteiger charge is 2.14. The summed E-state index contributed by atoms with van der Waals surface area (Å²) < 4.78 is 30.8. The van der Waals surface area contributed by atoms with Gasteiger partial charge in [0, 0.05) is 6.20 Å². The van der Waals surface area contributed by atoms with E-state index in [1.54, 1.807) is 41.3 Å². The molecule has 0 aliphatic heterocycles. The van der Waals surface area contributed by atoms with Crippen LogP contribution in [0, 0.1) is 6.92 Å². The molecule has 2 heterocycles. The first-order chi connectivity index (χ1) is 12.0. The maximum Gasteiger partial charge on any atom is 0.296 e. The number of rotatable bonds is 7. The van der Waals surface area contributed by atoms with E-state index in [2.05, 4.69) is 15.3 Å². The van der Waals surface area contributed by atoms with E-state index in [1.807, 2.05) is 25.1 Å². The summed E-state index contributed by atoms with van der Waals surface area (Å²) in [5.41, 5.74) is 1.75. The molecule has 3 aromatic rings. The van der Waals surface area contributed by atoms with E-state index < -0.39 is 10.1 Å². The fourth-order valence-corrected chi connectivity index (χ4v) is 3.15. The van der Waals surface area contributed by atoms with Gasteiger partial charge in [0.05, 0.1) is 23.4 Å². The number of pyridine rings is 1. The third kappa shape index (κ3) is 4.49. The van der Waals surface area contributed by atoms with E-state index in [4.69, 9.17) is 4.18 Å². The van der Waals surface area contributed by atoms with Gasteiger partial charge in [0.2, 0.25) is 0 Å². The fourth-order valence-electron chi connectivity index (χ4n) is 2.21. The molecule has 1 aromatic carbocycles. The lowest BCUT2D eigenvalue weighted by atomic mass is 10.2. The average molecular weight is 358 g/mol. The molecule has 3 rings (SSSR count). The highest BCUT2D eigenvalue weighted by molar-refractivity contribution is 7.86. The molecule has 0 fully saturated rings. The molecule has 25 heavy (non-hydrogen) atoms. The number of benzene rings is 1. The zero-order chi connectivity index (χ0) is 17.7. The van der Waals surface area contributed by atoms with E-state index in [9.17, 15) is 8.42 Å². The Labute approximate surface area is 146 Å². The molecule has 0 amide bonds. The van der Waals surface area contributed by atoms with Crippen LogP contribution in [0.2, 0.25) is 0 Å². The summed E-state index contributed by atoms with van der Waals surface area (Å²) in [6, 6.07) is 12.1. The lowest BCUT2D eigenvalue weighted by Gasteiger charge is -2.05. The maximum atomic E-state index is 12.1. The van der Waals surface area contributed by atoms with Crippen molar-refractivity contribution in [2.75, 3.05) is 6.61 Å². The predicted octanol–water partition coefficient (Wildman–Crippen LogP) is 2.31. The average Bonchev–Trinajstić information content (AvgIpc) is 3.09. The Hall–Kier alpha value is -2.58. The van der Waals surface area contributed by atoms with E-state index in [-0.39, 0.29) is 11.5 Å². The molecule has 7 nitrogen and oxygen atoms in total. The quantitative estimate of drug-likeness (QED) is 0.476. The zero-order valence-corrected chi connectivity index (χ0v) is 14.6. The molecule has 0 aliphatic rings. The SMILES string of the molecule is Cc1ccc(S(=O)(=O)OCCCc2cn(-c3ccccn3)nn2)cc1. The standard InChI is InChI=1S/C17H18N4O3S/c1-14-7-9-16(10-8-14)25(22,23)24-12-4-5-15-13-21(20-19-15)17-6-2-3-11-18-17/h2-3,6-11,13H,4-5,12H2,1H3. The summed E-state index contributed by atoms with van der Waals surface area (Å²) in [6.45, 7) is 1.99. The van der Waals surface area contributed by atoms with Crippen molar-refractivity contribution in [2.24, 2.45) is 0 Å². The van der Waals surface area contributed by atoms with Crippen molar-refractivity contribution in [3.05, 3.63) is 66.1 Å². The molecular formula is C17H18N4O3S. The van der Waals surface area contributed by atoms with Gasteiger partial charge in [-0.3, -0.25) is 4.18 Å². The van der Waals surface area contributed by atoms with Gasteiger partial charge in [0.25, 0.3) is 10.1 Å². The molecule has 0 radical (unpaired) electrons. The zero-order valence-electron chi connectivity index (χ0n) is 13.7. The second-order valence-electron chi connectivity index (χ2n) is 5.54. The van der Waals surface area contributed by atoms with Crippen LogP contribution in [-0.2, 0) is 20.7 Å². The summed E-state index contributed by atoms with van der Waals surface area (Å²) in [6.07, 6.45) is 4.54. The first-order valence-corrected chi connectivity index (χ1v) is 9.24. The lowest BCUT2D eigenvalue weighted by molar-refractivity contribution is 0.312. The number of hydrogen-bond acceptors (Lipinski definition) is 6. The van der Waals surface area contributed by atoms with Gasteiger partial charge in [0.1, 0.15) is 0 Å². The van der Waals surface area contributed by atoms with Gasteiger partial charge in [-0.15, -0.1) is 5.10 Å². The normalized spacial score (nSPS) is 11.6. The topological polar surface area (TPSA) is 87.0 Å². The highest BCUT2D eigenvalue weighted by Crippen LogP contribution is 2.14. The molecule has 0 saturated carbocycles. The van der Waals surface area contributed by atoms with Gasteiger partial charge < -0.3 is 0 Å². The Morgan fingerprint density at radius 1 is 1.12 bits per heavy atom. The molecule has 0 aliphatic carbocycles. The van der Waals surface area contributed by atoms with Gasteiger partial charge in [-0.25, -0.2) is 9.67 Å². The first kappa shape index (κ1) is 17.2. The van der Waals surface area contributed by atoms with Crippen molar-refractivity contribution in [1.29, 1.82) is 0 Å². The van der Waals surface area contributed by atoms with Crippen LogP contribution in [0.25, 0.3) is 5.82 Å². The Bertz CT molecular complexity index is 922. The Morgan fingerprint density at radius 2 is 1.92 bits per heavy atom. The molecule has 130 valence electrons. The summed E-state index contributed by atoms with van der Waals surface area (Å²) in [5, 5.41) is 8.08. The number of nitrogens with zero attached hydrogens (tertiary/aromatic N) is 4. The summed E-state index contributed by atoms with van der Waals surface area (Å²) in [4.78, 5) is 4.35. The number of aryl methyl sites for hydroxylation is 2. The van der Waals surface area contributed by atoms with Crippen LogP contribution in [0.15, 0.2) is 59.8 Å². The second kappa shape index (κ2) is 7.54. The van der Waals surface area contributed by atoms with E-state index in [1.165, 1.54) is 0 Å². The molecule has 0 bridgehead atoms. The smallest absolute Gasteiger partial charge is 0.266 e. The summed E-state index contributed by atoms with van der Waals surface area (Å²) >= 11 is 0. The minimum absolute atomic E-state index is 0.0899. The molecule has 0 N–H and O–H groups in total. The van der Waals surface area contributed by atoms with Crippen molar-refractivity contribution in [3.8, 4) is 5.82 Å². The van der Waals surface area contributed by atoms with Crippen LogP contribution in [0.3, 0.4) is 0 Å². The van der Waals surface area contributed by atoms with Crippen LogP contribution < -0.4 is 0 Å². The predicted molar refractivity (Wildman–Crippen MR) is 91.8 cm³/mol. The summed E-state index contributed by atoms with van der Waals surface area (Å²) in [5.74, 6) is 0.680. The Kier molecular flexibility index (Phi) is 5.20. The number of hydrogen-bond donors (Lipinski definition) is 0. The molecule has 0 atom stereocenters. The van der Waals surface area contributed by atoms with Gasteiger partial charge in [-0.1, -0.05) is 29.0 Å². The van der Waals surface area contributed by atoms with E-state index >= 15 is 0 Å². The van der Waals surface area contributed by atoms with Crippen molar-refractivity contribution >= 4 is 10.1 Å². The number of aromatic nitrogens is 4. The first-order valence-electron chi connectivity index (χ1n) is 7.83. The minimum Gasteiger partial charge on any atom is -0.266 e. The minimum atomic E-state index is -3.72. The van der Waals surface area contributed by atoms with Crippen molar-refractivity contribution in [1.82, 2.24) is 20.0 Å². The van der Waals surface area contributed by atoms with E-state index in [0.29, 0.717) is 18.7 Å². The van der Waals surface area contributed by atoms with Crippen molar-refractivity contribution in [2.45, 2.75) is 24.7 Å². The van der Waals surface area contributed by atoms with Gasteiger partial charge >= 0.3 is 0 Å². The molecular weight excluding hydrogens is 340 g/mol. The third-order valence-corrected chi connectivity index (χ3v) is 4.88. The fraction of sp³-hybridized carbons (Fsp3) is 0.235. The third-order valence-electron chi connectivity index (χ3n) is 3.55. The van der Waals surface area contributed by atoms with Crippen LogP contribution in [0.1, 0.15) is 17.7 Å². The lowest BCUT2D eigenvalue weighted by Crippen LogP contribution is -2.08. The molecule has 2 aromatic heterocycles. The van der Waals surface area contributed by atoms with Crippen molar-refractivity contribution in [3.63, 3.8) is 0 Å². The molecule has 0 saturated heterocycles. The van der Waals surface area contributed by atoms with Crippen LogP contribution in [-0.4, -0.2) is 35.0 Å². The monoisotopic (exact) mass is 358 g/mol. The van der Waals surface area contributed by atoms with Crippen LogP contribution >= 0.6 is 0 Å². The van der Waals surface area contributed by atoms with Crippen LogP contribution in [0.4, 0.5) is 0 Å². The van der Waals surface area contributed by atoms with Gasteiger partial charge in [-0.2, -0.15) is 8.42 Å². The Balaban J connectivity index is 1.52. The van der Waals surface area contributed by atoms with E-state index in [0.717, 1.165) is 11.3 Å². The summed E-state index contributed by atoms with van der Waals surface area (Å²) in [7, 11) is -3.72. The van der Waals surface area contributed by atoms with Crippen LogP contribution in [0.5, 0.6) is 0 Å². The molecule has 8 heteroatoms. The second-order valence-corrected chi connectivity index (χ2v) is 7.15. The van der Waals surface area contributed by atoms with Gasteiger partial charge in [0.15, 0.2) is 5.82 Å². The van der Waals surface area contributed by atoms with Gasteiger partial charge in [-0.05, 0) is 44.0 Å². The Morgan fingerprint density at radius 3 is 2.64 bits per heavy atom. The molecule has 0 spiro atoms. The highest BCUT2D eigenvalue weighted by atomic mass is 32.2. The largest absolute Gasteiger partial charge is 0.296 e. The maximum absolute atomic E-state index is 12.1. The molecule has 0 unspecified atom stereocenters.